The smallest absolute Gasteiger partial charge is 0.305 e. The van der Waals surface area contributed by atoms with Crippen LogP contribution in [0.25, 0.3) is 0 Å². The first-order chi connectivity index (χ1) is 14.1. The highest BCUT2D eigenvalue weighted by molar-refractivity contribution is 6.01. The van der Waals surface area contributed by atoms with E-state index in [0.717, 1.165) is 23.1 Å². The van der Waals surface area contributed by atoms with Crippen molar-refractivity contribution in [2.24, 2.45) is 16.7 Å². The van der Waals surface area contributed by atoms with E-state index in [0.29, 0.717) is 12.8 Å². The third kappa shape index (κ3) is 2.80. The van der Waals surface area contributed by atoms with Crippen molar-refractivity contribution in [3.05, 3.63) is 34.9 Å². The molecule has 2 N–H and O–H groups in total. The van der Waals surface area contributed by atoms with Gasteiger partial charge in [0.05, 0.1) is 6.10 Å². The van der Waals surface area contributed by atoms with Gasteiger partial charge in [-0.2, -0.15) is 0 Å². The fourth-order valence-electron chi connectivity index (χ4n) is 6.42. The Labute approximate surface area is 176 Å². The number of ketones is 2. The molecule has 0 heterocycles. The molecule has 4 aliphatic rings. The average molecular weight is 414 g/mol. The van der Waals surface area contributed by atoms with Gasteiger partial charge in [0.2, 0.25) is 5.78 Å². The summed E-state index contributed by atoms with van der Waals surface area (Å²) < 4.78 is 5.01. The van der Waals surface area contributed by atoms with Crippen molar-refractivity contribution in [3.8, 4) is 0 Å². The predicted octanol–water partition coefficient (Wildman–Crippen LogP) is 2.58. The van der Waals surface area contributed by atoms with Crippen LogP contribution in [0, 0.1) is 16.7 Å². The highest BCUT2D eigenvalue weighted by Gasteiger charge is 2.65. The molecule has 0 amide bonds. The van der Waals surface area contributed by atoms with Crippen LogP contribution in [-0.2, 0) is 19.1 Å². The largest absolute Gasteiger partial charge is 0.458 e. The lowest BCUT2D eigenvalue weighted by atomic mass is 9.53. The van der Waals surface area contributed by atoms with Crippen LogP contribution in [0.4, 0.5) is 0 Å². The maximum atomic E-state index is 13.0. The third-order valence-electron chi connectivity index (χ3n) is 8.13. The summed E-state index contributed by atoms with van der Waals surface area (Å²) in [4.78, 5) is 36.3. The van der Waals surface area contributed by atoms with Crippen LogP contribution in [0.1, 0.15) is 59.3 Å². The summed E-state index contributed by atoms with van der Waals surface area (Å²) in [7, 11) is 0. The molecule has 0 saturated heterocycles. The lowest BCUT2D eigenvalue weighted by Gasteiger charge is -2.53. The zero-order chi connectivity index (χ0) is 21.9. The Morgan fingerprint density at radius 3 is 2.70 bits per heavy atom. The van der Waals surface area contributed by atoms with Crippen molar-refractivity contribution in [2.75, 3.05) is 6.61 Å². The van der Waals surface area contributed by atoms with E-state index in [1.165, 1.54) is 0 Å². The zero-order valence-electron chi connectivity index (χ0n) is 17.9. The minimum Gasteiger partial charge on any atom is -0.458 e. The molecule has 5 atom stereocenters. The quantitative estimate of drug-likeness (QED) is 0.542. The van der Waals surface area contributed by atoms with Gasteiger partial charge in [-0.25, -0.2) is 0 Å². The van der Waals surface area contributed by atoms with Crippen molar-refractivity contribution in [3.63, 3.8) is 0 Å². The van der Waals surface area contributed by atoms with Crippen LogP contribution in [-0.4, -0.2) is 46.1 Å². The summed E-state index contributed by atoms with van der Waals surface area (Å²) in [6.45, 7) is 5.13. The average Bonchev–Trinajstić information content (AvgIpc) is 2.97. The summed E-state index contributed by atoms with van der Waals surface area (Å²) in [5.41, 5.74) is 0.105. The summed E-state index contributed by atoms with van der Waals surface area (Å²) in [5.74, 6) is -1.02. The summed E-state index contributed by atoms with van der Waals surface area (Å²) in [6.07, 6.45) is 7.12. The molecule has 0 bridgehead atoms. The topological polar surface area (TPSA) is 101 Å². The Morgan fingerprint density at radius 1 is 1.27 bits per heavy atom. The van der Waals surface area contributed by atoms with Crippen molar-refractivity contribution < 1.29 is 29.3 Å². The number of ether oxygens (including phenoxy) is 1. The Bertz CT molecular complexity index is 911. The molecule has 1 unspecified atom stereocenters. The lowest BCUT2D eigenvalue weighted by Crippen LogP contribution is -2.57. The van der Waals surface area contributed by atoms with Gasteiger partial charge in [-0.05, 0) is 62.7 Å². The molecule has 0 radical (unpaired) electrons. The summed E-state index contributed by atoms with van der Waals surface area (Å²) >= 11 is 0. The molecule has 162 valence electrons. The van der Waals surface area contributed by atoms with Crippen LogP contribution in [0.15, 0.2) is 34.9 Å². The lowest BCUT2D eigenvalue weighted by molar-refractivity contribution is -0.164. The number of fused-ring (bicyclic) bond motifs is 4. The first-order valence-corrected chi connectivity index (χ1v) is 10.8. The highest BCUT2D eigenvalue weighted by atomic mass is 16.5. The summed E-state index contributed by atoms with van der Waals surface area (Å²) in [6, 6.07) is 0. The molecule has 0 aliphatic heterocycles. The second-order valence-corrected chi connectivity index (χ2v) is 9.57. The number of aliphatic hydroxyl groups is 2. The van der Waals surface area contributed by atoms with E-state index in [9.17, 15) is 24.6 Å². The number of Topliss-reactive ketones (excluding diaryl/α,β-unsaturated/α-hetero) is 1. The number of carbonyl (C=O) groups excluding carboxylic acids is 3. The van der Waals surface area contributed by atoms with E-state index in [-0.39, 0.29) is 31.0 Å². The molecule has 4 rings (SSSR count). The Morgan fingerprint density at radius 2 is 2.00 bits per heavy atom. The van der Waals surface area contributed by atoms with Crippen LogP contribution < -0.4 is 0 Å². The number of hydrogen-bond donors (Lipinski definition) is 2. The number of hydrogen-bond acceptors (Lipinski definition) is 6. The van der Waals surface area contributed by atoms with Crippen molar-refractivity contribution in [1.82, 2.24) is 0 Å². The fraction of sp³-hybridized carbons (Fsp3) is 0.625. The van der Waals surface area contributed by atoms with Gasteiger partial charge in [-0.15, -0.1) is 0 Å². The van der Waals surface area contributed by atoms with Crippen LogP contribution >= 0.6 is 0 Å². The van der Waals surface area contributed by atoms with Gasteiger partial charge in [0.1, 0.15) is 5.60 Å². The van der Waals surface area contributed by atoms with Gasteiger partial charge in [0.25, 0.3) is 0 Å². The Hall–Kier alpha value is -2.05. The van der Waals surface area contributed by atoms with E-state index in [4.69, 9.17) is 4.74 Å². The van der Waals surface area contributed by atoms with E-state index < -0.39 is 40.9 Å². The van der Waals surface area contributed by atoms with Gasteiger partial charge in [0.15, 0.2) is 12.4 Å². The first-order valence-electron chi connectivity index (χ1n) is 10.8. The number of esters is 1. The van der Waals surface area contributed by atoms with Gasteiger partial charge in [-0.1, -0.05) is 31.1 Å². The molecule has 1 saturated carbocycles. The number of carbonyl (C=O) groups is 3. The maximum absolute atomic E-state index is 13.0. The predicted molar refractivity (Wildman–Crippen MR) is 109 cm³/mol. The molecular formula is C24H30O6. The van der Waals surface area contributed by atoms with E-state index in [1.807, 2.05) is 19.9 Å². The first kappa shape index (κ1) is 21.2. The van der Waals surface area contributed by atoms with Gasteiger partial charge in [-0.3, -0.25) is 14.4 Å². The standard InChI is InChI=1S/C24H30O6/c1-4-20(28)30-13-19(27)24(29)10-8-17-16-6-5-14-11-15(25)7-9-22(14,2)21(16)18(26)12-23(17,24)3/h7,9,11,17-18,26,29H,4-6,8,10,12-13H2,1-3H3/t17-,18?,22-,23-,24-/m0/s1. The van der Waals surface area contributed by atoms with Crippen molar-refractivity contribution in [1.29, 1.82) is 0 Å². The van der Waals surface area contributed by atoms with Gasteiger partial charge < -0.3 is 14.9 Å². The minimum atomic E-state index is -1.64. The highest BCUT2D eigenvalue weighted by Crippen LogP contribution is 2.64. The molecule has 1 fully saturated rings. The van der Waals surface area contributed by atoms with Crippen LogP contribution in [0.5, 0.6) is 0 Å². The molecule has 30 heavy (non-hydrogen) atoms. The monoisotopic (exact) mass is 414 g/mol. The number of rotatable bonds is 4. The van der Waals surface area contributed by atoms with Gasteiger partial charge >= 0.3 is 5.97 Å². The molecule has 0 aromatic rings. The Balaban J connectivity index is 1.70. The molecule has 0 aromatic carbocycles. The molecule has 0 spiro atoms. The Kier molecular flexibility index (Phi) is 4.94. The molecule has 6 heteroatoms. The SMILES string of the molecule is CCC(=O)OCC(=O)[C@@]1(O)CC[C@H]2C3=C(C(O)C[C@@]21C)[C@@]1(C)C=CC(=O)C=C1CC3. The summed E-state index contributed by atoms with van der Waals surface area (Å²) in [5, 5.41) is 22.7. The fourth-order valence-corrected chi connectivity index (χ4v) is 6.42. The van der Waals surface area contributed by atoms with Crippen LogP contribution in [0.2, 0.25) is 0 Å². The molecule has 6 nitrogen and oxygen atoms in total. The van der Waals surface area contributed by atoms with Crippen LogP contribution in [0.3, 0.4) is 0 Å². The second-order valence-electron chi connectivity index (χ2n) is 9.57. The van der Waals surface area contributed by atoms with Crippen molar-refractivity contribution in [2.45, 2.75) is 71.0 Å². The maximum Gasteiger partial charge on any atom is 0.305 e. The number of allylic oxidation sites excluding steroid dienone is 5. The minimum absolute atomic E-state index is 0.0240. The molecule has 4 aliphatic carbocycles. The molecule has 0 aromatic heterocycles. The second kappa shape index (κ2) is 6.99. The normalized spacial score (nSPS) is 39.8. The zero-order valence-corrected chi connectivity index (χ0v) is 17.9. The molecular weight excluding hydrogens is 384 g/mol. The van der Waals surface area contributed by atoms with E-state index >= 15 is 0 Å². The number of aliphatic hydroxyl groups excluding tert-OH is 1. The van der Waals surface area contributed by atoms with Crippen molar-refractivity contribution >= 4 is 17.5 Å². The van der Waals surface area contributed by atoms with Gasteiger partial charge in [0, 0.05) is 17.3 Å². The third-order valence-corrected chi connectivity index (χ3v) is 8.13. The van der Waals surface area contributed by atoms with E-state index in [2.05, 4.69) is 0 Å². The van der Waals surface area contributed by atoms with E-state index in [1.54, 1.807) is 19.1 Å².